The lowest BCUT2D eigenvalue weighted by molar-refractivity contribution is 0.338. The van der Waals surface area contributed by atoms with E-state index in [2.05, 4.69) is 81.4 Å². The number of hydrogen-bond acceptors (Lipinski definition) is 0. The topological polar surface area (TPSA) is 0 Å². The van der Waals surface area contributed by atoms with Gasteiger partial charge in [0.25, 0.3) is 0 Å². The van der Waals surface area contributed by atoms with Gasteiger partial charge in [0, 0.05) is 36.6 Å². The van der Waals surface area contributed by atoms with Crippen molar-refractivity contribution in [1.29, 1.82) is 0 Å². The highest BCUT2D eigenvalue weighted by Crippen LogP contribution is 2.37. The highest BCUT2D eigenvalue weighted by Gasteiger charge is 2.28. The summed E-state index contributed by atoms with van der Waals surface area (Å²) >= 11 is 0. The minimum absolute atomic E-state index is 0.334. The van der Waals surface area contributed by atoms with Crippen LogP contribution in [0.3, 0.4) is 0 Å². The van der Waals surface area contributed by atoms with Crippen LogP contribution in [0.2, 0.25) is 0 Å². The van der Waals surface area contributed by atoms with E-state index in [4.69, 9.17) is 0 Å². The quantitative estimate of drug-likeness (QED) is 0.617. The predicted molar refractivity (Wildman–Crippen MR) is 83.0 cm³/mol. The van der Waals surface area contributed by atoms with Crippen LogP contribution in [0.5, 0.6) is 0 Å². The molecule has 0 spiro atoms. The molecule has 0 amide bonds. The lowest BCUT2D eigenvalue weighted by atomic mass is 9.75. The van der Waals surface area contributed by atoms with Crippen molar-refractivity contribution in [1.82, 2.24) is 0 Å². The summed E-state index contributed by atoms with van der Waals surface area (Å²) in [4.78, 5) is 0. The zero-order valence-corrected chi connectivity index (χ0v) is 12.2. The number of rotatable bonds is 5. The van der Waals surface area contributed by atoms with Crippen LogP contribution >= 0.6 is 0 Å². The van der Waals surface area contributed by atoms with Crippen molar-refractivity contribution in [3.8, 4) is 0 Å². The van der Waals surface area contributed by atoms with E-state index in [0.29, 0.717) is 5.41 Å². The van der Waals surface area contributed by atoms with E-state index in [9.17, 15) is 0 Å². The molecular weight excluding hydrogens is 228 g/mol. The fourth-order valence-electron chi connectivity index (χ4n) is 2.25. The highest BCUT2D eigenvalue weighted by molar-refractivity contribution is 5.45. The average molecular weight is 251 g/mol. The van der Waals surface area contributed by atoms with Gasteiger partial charge < -0.3 is 0 Å². The van der Waals surface area contributed by atoms with Crippen molar-refractivity contribution in [2.45, 2.75) is 33.6 Å². The summed E-state index contributed by atoms with van der Waals surface area (Å²) < 4.78 is 0. The third-order valence-corrected chi connectivity index (χ3v) is 3.86. The smallest absolute Gasteiger partial charge is 0.0648 e. The highest BCUT2D eigenvalue weighted by atomic mass is 14.3. The third kappa shape index (κ3) is 3.64. The molecule has 0 radical (unpaired) electrons. The summed E-state index contributed by atoms with van der Waals surface area (Å²) in [6.07, 6.45) is 2.30. The van der Waals surface area contributed by atoms with Gasteiger partial charge >= 0.3 is 0 Å². The van der Waals surface area contributed by atoms with Crippen LogP contribution in [-0.4, -0.2) is 0 Å². The van der Waals surface area contributed by atoms with Crippen LogP contribution < -0.4 is 0 Å². The molecule has 0 aliphatic rings. The second kappa shape index (κ2) is 5.97. The van der Waals surface area contributed by atoms with Crippen LogP contribution in [0.1, 0.15) is 44.7 Å². The molecule has 0 heterocycles. The molecule has 0 N–H and O–H groups in total. The molecule has 19 heavy (non-hydrogen) atoms. The first-order valence-corrected chi connectivity index (χ1v) is 7.09. The second-order valence-corrected chi connectivity index (χ2v) is 5.91. The summed E-state index contributed by atoms with van der Waals surface area (Å²) in [6.45, 7) is 6.96. The van der Waals surface area contributed by atoms with Crippen molar-refractivity contribution >= 4 is 0 Å². The van der Waals surface area contributed by atoms with Crippen LogP contribution in [-0.2, 0) is 0 Å². The Bertz CT molecular complexity index is 442. The molecule has 2 aromatic rings. The van der Waals surface area contributed by atoms with E-state index in [1.165, 1.54) is 23.5 Å². The lowest BCUT2D eigenvalue weighted by Crippen LogP contribution is -2.16. The Morgan fingerprint density at radius 2 is 1.21 bits per heavy atom. The van der Waals surface area contributed by atoms with Crippen molar-refractivity contribution in [3.63, 3.8) is 0 Å². The molecule has 0 heteroatoms. The summed E-state index contributed by atoms with van der Waals surface area (Å²) in [5.74, 6) is 1.45. The lowest BCUT2D eigenvalue weighted by Gasteiger charge is -2.26. The van der Waals surface area contributed by atoms with Gasteiger partial charge in [-0.3, -0.25) is 0 Å². The van der Waals surface area contributed by atoms with Crippen molar-refractivity contribution in [2.75, 3.05) is 0 Å². The summed E-state index contributed by atoms with van der Waals surface area (Å²) in [7, 11) is 0. The van der Waals surface area contributed by atoms with E-state index >= 15 is 0 Å². The Hall–Kier alpha value is -1.69. The molecule has 2 rings (SSSR count). The third-order valence-electron chi connectivity index (χ3n) is 3.86. The maximum Gasteiger partial charge on any atom is 0.0756 e. The van der Waals surface area contributed by atoms with Gasteiger partial charge in [0.05, 0.1) is 11.1 Å². The molecule has 0 aromatic heterocycles. The summed E-state index contributed by atoms with van der Waals surface area (Å²) in [5.41, 5.74) is 3.02. The maximum absolute atomic E-state index is 2.35. The summed E-state index contributed by atoms with van der Waals surface area (Å²) in [5, 5.41) is 0. The molecule has 0 aliphatic heterocycles. The van der Waals surface area contributed by atoms with Gasteiger partial charge in [0.1, 0.15) is 0 Å². The Kier molecular flexibility index (Phi) is 4.31. The van der Waals surface area contributed by atoms with Gasteiger partial charge in [-0.2, -0.15) is 0 Å². The zero-order chi connectivity index (χ0) is 13.7. The molecule has 98 valence electrons. The molecule has 0 nitrogen and oxygen atoms in total. The molecule has 0 unspecified atom stereocenters. The van der Waals surface area contributed by atoms with Gasteiger partial charge in [-0.25, -0.2) is 0 Å². The van der Waals surface area contributed by atoms with Crippen LogP contribution in [0.25, 0.3) is 0 Å². The first-order chi connectivity index (χ1) is 9.12. The first-order valence-electron chi connectivity index (χ1n) is 7.09. The van der Waals surface area contributed by atoms with Crippen molar-refractivity contribution < 1.29 is 0 Å². The average Bonchev–Trinajstić information content (AvgIpc) is 2.47. The van der Waals surface area contributed by atoms with E-state index in [0.717, 1.165) is 6.42 Å². The van der Waals surface area contributed by atoms with Gasteiger partial charge in [0.2, 0.25) is 0 Å². The molecule has 2 aromatic carbocycles. The predicted octanol–water partition coefficient (Wildman–Crippen LogP) is 5.48. The largest absolute Gasteiger partial charge is 0.0756 e. The van der Waals surface area contributed by atoms with E-state index in [-0.39, 0.29) is 0 Å². The zero-order valence-electron chi connectivity index (χ0n) is 12.2. The van der Waals surface area contributed by atoms with Crippen LogP contribution in [0.15, 0.2) is 60.7 Å². The normalized spacial score (nSPS) is 11.3. The standard InChI is InChI=1S/C19H23/c1-4-19(2,3)15-18(16-11-7-5-8-12-16)17-13-9-6-10-14-17/h5-14H,4,15H2,1-3H3/q+1. The second-order valence-electron chi connectivity index (χ2n) is 5.91. The Morgan fingerprint density at radius 1 is 0.789 bits per heavy atom. The minimum Gasteiger partial charge on any atom is -0.0648 e. The molecule has 0 fully saturated rings. The maximum atomic E-state index is 2.35. The Balaban J connectivity index is 2.35. The Labute approximate surface area is 117 Å². The Morgan fingerprint density at radius 3 is 1.58 bits per heavy atom. The SMILES string of the molecule is CCC(C)(C)C[C+](c1ccccc1)c1ccccc1. The molecule has 0 atom stereocenters. The number of hydrogen-bond donors (Lipinski definition) is 0. The summed E-state index contributed by atoms with van der Waals surface area (Å²) in [6, 6.07) is 21.5. The monoisotopic (exact) mass is 251 g/mol. The molecule has 0 saturated heterocycles. The minimum atomic E-state index is 0.334. The van der Waals surface area contributed by atoms with Gasteiger partial charge in [-0.15, -0.1) is 0 Å². The molecule has 0 aliphatic carbocycles. The van der Waals surface area contributed by atoms with Gasteiger partial charge in [-0.1, -0.05) is 27.2 Å². The van der Waals surface area contributed by atoms with Gasteiger partial charge in [-0.05, 0) is 41.8 Å². The molecule has 0 bridgehead atoms. The molecular formula is C19H23+. The van der Waals surface area contributed by atoms with Crippen LogP contribution in [0.4, 0.5) is 0 Å². The first kappa shape index (κ1) is 13.7. The van der Waals surface area contributed by atoms with E-state index < -0.39 is 0 Å². The van der Waals surface area contributed by atoms with E-state index in [1.54, 1.807) is 0 Å². The number of benzene rings is 2. The van der Waals surface area contributed by atoms with Crippen molar-refractivity contribution in [3.05, 3.63) is 77.7 Å². The van der Waals surface area contributed by atoms with E-state index in [1.807, 2.05) is 0 Å². The molecule has 0 saturated carbocycles. The fourth-order valence-corrected chi connectivity index (χ4v) is 2.25. The van der Waals surface area contributed by atoms with Crippen molar-refractivity contribution in [2.24, 2.45) is 5.41 Å². The van der Waals surface area contributed by atoms with Crippen LogP contribution in [0, 0.1) is 11.3 Å². The fraction of sp³-hybridized carbons (Fsp3) is 0.316. The van der Waals surface area contributed by atoms with Gasteiger partial charge in [0.15, 0.2) is 0 Å².